The summed E-state index contributed by atoms with van der Waals surface area (Å²) in [6.07, 6.45) is -5.39. The summed E-state index contributed by atoms with van der Waals surface area (Å²) < 4.78 is 36.1. The fourth-order valence-electron chi connectivity index (χ4n) is 1.50. The second kappa shape index (κ2) is 6.96. The molecule has 1 aromatic carbocycles. The zero-order valence-electron chi connectivity index (χ0n) is 10.8. The molecule has 0 aliphatic rings. The number of aryl methyl sites for hydroxylation is 1. The Bertz CT molecular complexity index is 542. The van der Waals surface area contributed by atoms with Crippen LogP contribution in [0.25, 0.3) is 0 Å². The van der Waals surface area contributed by atoms with Crippen molar-refractivity contribution in [1.29, 1.82) is 0 Å². The van der Waals surface area contributed by atoms with E-state index in [0.717, 1.165) is 5.56 Å². The number of alkyl halides is 3. The molecule has 0 aromatic heterocycles. The number of carbonyl (C=O) groups excluding carboxylic acids is 1. The Morgan fingerprint density at radius 2 is 2.10 bits per heavy atom. The Balaban J connectivity index is 2.83. The molecule has 0 unspecified atom stereocenters. The van der Waals surface area contributed by atoms with Gasteiger partial charge in [-0.25, -0.2) is 0 Å². The van der Waals surface area contributed by atoms with Crippen molar-refractivity contribution >= 4 is 5.91 Å². The molecule has 0 spiro atoms. The normalized spacial score (nSPS) is 10.7. The lowest BCUT2D eigenvalue weighted by Gasteiger charge is -2.09. The third kappa shape index (κ3) is 5.33. The molecule has 1 aromatic rings. The van der Waals surface area contributed by atoms with Crippen LogP contribution in [0.2, 0.25) is 0 Å². The zero-order valence-corrected chi connectivity index (χ0v) is 10.8. The monoisotopic (exact) mass is 285 g/mol. The number of halogens is 3. The molecular formula is C14H14F3NO2. The Kier molecular flexibility index (Phi) is 5.59. The Labute approximate surface area is 114 Å². The maximum atomic E-state index is 12.0. The summed E-state index contributed by atoms with van der Waals surface area (Å²) in [5, 5.41) is 10.9. The number of benzene rings is 1. The van der Waals surface area contributed by atoms with Gasteiger partial charge in [-0.3, -0.25) is 4.79 Å². The van der Waals surface area contributed by atoms with Gasteiger partial charge in [0, 0.05) is 12.1 Å². The van der Waals surface area contributed by atoms with E-state index in [1.54, 1.807) is 25.1 Å². The fourth-order valence-corrected chi connectivity index (χ4v) is 1.50. The van der Waals surface area contributed by atoms with Crippen LogP contribution in [0.15, 0.2) is 18.2 Å². The van der Waals surface area contributed by atoms with Crippen LogP contribution in [0.5, 0.6) is 0 Å². The third-order valence-electron chi connectivity index (χ3n) is 2.42. The van der Waals surface area contributed by atoms with Crippen molar-refractivity contribution in [3.63, 3.8) is 0 Å². The van der Waals surface area contributed by atoms with Gasteiger partial charge in [-0.05, 0) is 19.1 Å². The molecular weight excluding hydrogens is 271 g/mol. The summed E-state index contributed by atoms with van der Waals surface area (Å²) in [6.45, 7) is 0.919. The average molecular weight is 285 g/mol. The van der Waals surface area contributed by atoms with E-state index in [1.165, 1.54) is 0 Å². The van der Waals surface area contributed by atoms with Crippen molar-refractivity contribution < 1.29 is 23.1 Å². The predicted octanol–water partition coefficient (Wildman–Crippen LogP) is 2.02. The number of carbonyl (C=O) groups is 1. The number of nitrogens with one attached hydrogen (secondary N) is 1. The van der Waals surface area contributed by atoms with Crippen LogP contribution < -0.4 is 5.32 Å². The first-order chi connectivity index (χ1) is 9.33. The molecule has 1 amide bonds. The highest BCUT2D eigenvalue weighted by atomic mass is 19.4. The summed E-state index contributed by atoms with van der Waals surface area (Å²) in [7, 11) is 0. The maximum Gasteiger partial charge on any atom is 0.390 e. The van der Waals surface area contributed by atoms with Gasteiger partial charge >= 0.3 is 6.18 Å². The first-order valence-electron chi connectivity index (χ1n) is 5.89. The summed E-state index contributed by atoms with van der Waals surface area (Å²) in [5.41, 5.74) is 1.36. The average Bonchev–Trinajstić information content (AvgIpc) is 2.35. The molecule has 108 valence electrons. The van der Waals surface area contributed by atoms with Crippen LogP contribution in [0.4, 0.5) is 13.2 Å². The SMILES string of the molecule is Cc1ccc(C#CCO)c(C(=O)NCCC(F)(F)F)c1. The topological polar surface area (TPSA) is 49.3 Å². The fraction of sp³-hybridized carbons (Fsp3) is 0.357. The molecule has 2 N–H and O–H groups in total. The van der Waals surface area contributed by atoms with E-state index in [9.17, 15) is 18.0 Å². The molecule has 0 bridgehead atoms. The minimum absolute atomic E-state index is 0.202. The highest BCUT2D eigenvalue weighted by molar-refractivity contribution is 5.96. The van der Waals surface area contributed by atoms with Crippen LogP contribution in [-0.4, -0.2) is 30.3 Å². The highest BCUT2D eigenvalue weighted by Gasteiger charge is 2.26. The van der Waals surface area contributed by atoms with Gasteiger partial charge < -0.3 is 10.4 Å². The molecule has 0 aliphatic heterocycles. The van der Waals surface area contributed by atoms with Crippen molar-refractivity contribution in [3.8, 4) is 11.8 Å². The third-order valence-corrected chi connectivity index (χ3v) is 2.42. The number of hydrogen-bond acceptors (Lipinski definition) is 2. The van der Waals surface area contributed by atoms with Crippen LogP contribution in [0, 0.1) is 18.8 Å². The Hall–Kier alpha value is -2.00. The van der Waals surface area contributed by atoms with Gasteiger partial charge in [-0.2, -0.15) is 13.2 Å². The second-order valence-corrected chi connectivity index (χ2v) is 4.13. The van der Waals surface area contributed by atoms with Crippen molar-refractivity contribution in [2.24, 2.45) is 0 Å². The van der Waals surface area contributed by atoms with Crippen molar-refractivity contribution in [2.75, 3.05) is 13.2 Å². The molecule has 0 radical (unpaired) electrons. The van der Waals surface area contributed by atoms with Gasteiger partial charge in [0.2, 0.25) is 0 Å². The number of aliphatic hydroxyl groups excluding tert-OH is 1. The van der Waals surface area contributed by atoms with Crippen molar-refractivity contribution in [2.45, 2.75) is 19.5 Å². The Morgan fingerprint density at radius 1 is 1.40 bits per heavy atom. The molecule has 0 saturated heterocycles. The Morgan fingerprint density at radius 3 is 2.70 bits per heavy atom. The molecule has 1 rings (SSSR count). The van der Waals surface area contributed by atoms with Crippen LogP contribution in [-0.2, 0) is 0 Å². The molecule has 0 heterocycles. The van der Waals surface area contributed by atoms with E-state index >= 15 is 0 Å². The lowest BCUT2D eigenvalue weighted by molar-refractivity contribution is -0.132. The van der Waals surface area contributed by atoms with Gasteiger partial charge in [0.15, 0.2) is 0 Å². The second-order valence-electron chi connectivity index (χ2n) is 4.13. The minimum Gasteiger partial charge on any atom is -0.384 e. The molecule has 0 fully saturated rings. The quantitative estimate of drug-likeness (QED) is 0.835. The van der Waals surface area contributed by atoms with Gasteiger partial charge in [-0.1, -0.05) is 23.5 Å². The van der Waals surface area contributed by atoms with E-state index in [4.69, 9.17) is 5.11 Å². The minimum atomic E-state index is -4.31. The molecule has 0 aliphatic carbocycles. The molecule has 3 nitrogen and oxygen atoms in total. The number of hydrogen-bond donors (Lipinski definition) is 2. The predicted molar refractivity (Wildman–Crippen MR) is 68.1 cm³/mol. The van der Waals surface area contributed by atoms with Crippen LogP contribution in [0.3, 0.4) is 0 Å². The van der Waals surface area contributed by atoms with Gasteiger partial charge in [-0.15, -0.1) is 0 Å². The first-order valence-corrected chi connectivity index (χ1v) is 5.89. The molecule has 20 heavy (non-hydrogen) atoms. The lowest BCUT2D eigenvalue weighted by Crippen LogP contribution is -2.28. The number of aliphatic hydroxyl groups is 1. The number of amides is 1. The summed E-state index contributed by atoms with van der Waals surface area (Å²) >= 11 is 0. The van der Waals surface area contributed by atoms with Crippen molar-refractivity contribution in [1.82, 2.24) is 5.32 Å². The number of rotatable bonds is 3. The van der Waals surface area contributed by atoms with Gasteiger partial charge in [0.1, 0.15) is 6.61 Å². The van der Waals surface area contributed by atoms with E-state index in [1.807, 2.05) is 0 Å². The summed E-state index contributed by atoms with van der Waals surface area (Å²) in [5.74, 6) is 4.39. The zero-order chi connectivity index (χ0) is 15.2. The highest BCUT2D eigenvalue weighted by Crippen LogP contribution is 2.18. The van der Waals surface area contributed by atoms with E-state index in [0.29, 0.717) is 5.56 Å². The smallest absolute Gasteiger partial charge is 0.384 e. The van der Waals surface area contributed by atoms with E-state index in [2.05, 4.69) is 17.2 Å². The first kappa shape index (κ1) is 16.1. The van der Waals surface area contributed by atoms with Crippen molar-refractivity contribution in [3.05, 3.63) is 34.9 Å². The maximum absolute atomic E-state index is 12.0. The summed E-state index contributed by atoms with van der Waals surface area (Å²) in [4.78, 5) is 11.9. The largest absolute Gasteiger partial charge is 0.390 e. The van der Waals surface area contributed by atoms with Crippen LogP contribution >= 0.6 is 0 Å². The molecule has 0 atom stereocenters. The standard InChI is InChI=1S/C14H14F3NO2/c1-10-4-5-11(3-2-8-19)12(9-10)13(20)18-7-6-14(15,16)17/h4-5,9,19H,6-8H2,1H3,(H,18,20). The van der Waals surface area contributed by atoms with E-state index < -0.39 is 25.0 Å². The van der Waals surface area contributed by atoms with Crippen LogP contribution in [0.1, 0.15) is 27.9 Å². The molecule has 0 saturated carbocycles. The van der Waals surface area contributed by atoms with Gasteiger partial charge in [0.25, 0.3) is 5.91 Å². The lowest BCUT2D eigenvalue weighted by atomic mass is 10.0. The van der Waals surface area contributed by atoms with Gasteiger partial charge in [0.05, 0.1) is 12.0 Å². The van der Waals surface area contributed by atoms with E-state index in [-0.39, 0.29) is 12.2 Å². The molecule has 6 heteroatoms. The summed E-state index contributed by atoms with van der Waals surface area (Å²) in [6, 6.07) is 4.87.